The van der Waals surface area contributed by atoms with Crippen molar-refractivity contribution in [3.8, 4) is 23.0 Å². The van der Waals surface area contributed by atoms with Gasteiger partial charge < -0.3 is 29.6 Å². The van der Waals surface area contributed by atoms with Crippen molar-refractivity contribution < 1.29 is 28.5 Å². The Morgan fingerprint density at radius 3 is 2.48 bits per heavy atom. The molecule has 174 valence electrons. The van der Waals surface area contributed by atoms with E-state index in [2.05, 4.69) is 6.07 Å². The maximum atomic E-state index is 13.6. The largest absolute Gasteiger partial charge is 0.493 e. The number of primary amides is 1. The number of nitrogens with two attached hydrogens (primary N) is 1. The quantitative estimate of drug-likeness (QED) is 0.749. The van der Waals surface area contributed by atoms with E-state index >= 15 is 0 Å². The van der Waals surface area contributed by atoms with Gasteiger partial charge in [-0.05, 0) is 54.3 Å². The van der Waals surface area contributed by atoms with Gasteiger partial charge in [0, 0.05) is 24.1 Å². The number of ether oxygens (including phenoxy) is 4. The van der Waals surface area contributed by atoms with Gasteiger partial charge in [0.2, 0.25) is 0 Å². The van der Waals surface area contributed by atoms with Crippen LogP contribution in [0.5, 0.6) is 23.0 Å². The van der Waals surface area contributed by atoms with Gasteiger partial charge in [-0.25, -0.2) is 0 Å². The van der Waals surface area contributed by atoms with Crippen molar-refractivity contribution >= 4 is 11.8 Å². The molecule has 8 heteroatoms. The standard InChI is InChI=1S/C25H28N2O6/c1-30-20-10-16(4-5-19(20)33-14-23(26)28)24(29)27-13-17-11-21-22(32-9-8-31-21)12-18(17)25(15-27)6-2-3-7-25/h4-5,10-12H,2-3,6-9,13-15H2,1H3,(H2,26,28). The van der Waals surface area contributed by atoms with Gasteiger partial charge in [0.15, 0.2) is 29.6 Å². The smallest absolute Gasteiger partial charge is 0.255 e. The number of amides is 2. The predicted octanol–water partition coefficient (Wildman–Crippen LogP) is 2.80. The molecule has 0 atom stereocenters. The van der Waals surface area contributed by atoms with Gasteiger partial charge in [0.1, 0.15) is 13.2 Å². The highest BCUT2D eigenvalue weighted by molar-refractivity contribution is 5.95. The zero-order valence-corrected chi connectivity index (χ0v) is 18.7. The summed E-state index contributed by atoms with van der Waals surface area (Å²) in [7, 11) is 1.50. The molecule has 1 saturated carbocycles. The van der Waals surface area contributed by atoms with Gasteiger partial charge in [-0.3, -0.25) is 9.59 Å². The molecule has 2 aliphatic heterocycles. The second-order valence-corrected chi connectivity index (χ2v) is 8.92. The van der Waals surface area contributed by atoms with Crippen LogP contribution in [0.4, 0.5) is 0 Å². The number of rotatable bonds is 5. The maximum absolute atomic E-state index is 13.6. The minimum absolute atomic E-state index is 0.0618. The molecule has 33 heavy (non-hydrogen) atoms. The highest BCUT2D eigenvalue weighted by Gasteiger charge is 2.44. The van der Waals surface area contributed by atoms with Gasteiger partial charge in [0.25, 0.3) is 11.8 Å². The molecule has 3 aliphatic rings. The molecule has 0 radical (unpaired) electrons. The average molecular weight is 453 g/mol. The Labute approximate surface area is 192 Å². The summed E-state index contributed by atoms with van der Waals surface area (Å²) in [6, 6.07) is 9.18. The fraction of sp³-hybridized carbons (Fsp3) is 0.440. The molecule has 0 bridgehead atoms. The first-order valence-corrected chi connectivity index (χ1v) is 11.3. The first-order chi connectivity index (χ1) is 16.0. The van der Waals surface area contributed by atoms with E-state index in [1.54, 1.807) is 18.2 Å². The van der Waals surface area contributed by atoms with E-state index in [0.29, 0.717) is 43.4 Å². The van der Waals surface area contributed by atoms with Gasteiger partial charge in [-0.1, -0.05) is 12.8 Å². The van der Waals surface area contributed by atoms with Crippen LogP contribution in [0, 0.1) is 0 Å². The first-order valence-electron chi connectivity index (χ1n) is 11.3. The molecule has 2 N–H and O–H groups in total. The molecule has 0 unspecified atom stereocenters. The van der Waals surface area contributed by atoms with E-state index in [1.807, 2.05) is 11.0 Å². The maximum Gasteiger partial charge on any atom is 0.255 e. The minimum atomic E-state index is -0.581. The molecule has 5 rings (SSSR count). The number of nitrogens with zero attached hydrogens (tertiary/aromatic N) is 1. The number of fused-ring (bicyclic) bond motifs is 3. The summed E-state index contributed by atoms with van der Waals surface area (Å²) in [6.45, 7) is 2.01. The number of benzene rings is 2. The fourth-order valence-electron chi connectivity index (χ4n) is 5.34. The lowest BCUT2D eigenvalue weighted by Crippen LogP contribution is -2.46. The van der Waals surface area contributed by atoms with Crippen molar-refractivity contribution in [2.75, 3.05) is 33.5 Å². The van der Waals surface area contributed by atoms with Crippen LogP contribution in [-0.2, 0) is 16.8 Å². The molecule has 2 aromatic carbocycles. The Kier molecular flexibility index (Phi) is 5.52. The predicted molar refractivity (Wildman–Crippen MR) is 120 cm³/mol. The van der Waals surface area contributed by atoms with Crippen LogP contribution in [0.3, 0.4) is 0 Å². The number of methoxy groups -OCH3 is 1. The van der Waals surface area contributed by atoms with E-state index in [4.69, 9.17) is 24.7 Å². The molecule has 8 nitrogen and oxygen atoms in total. The molecule has 2 heterocycles. The second kappa shape index (κ2) is 8.50. The SMILES string of the molecule is COc1cc(C(=O)N2Cc3cc4c(cc3C3(CCCC3)C2)OCCO4)ccc1OCC(N)=O. The molecule has 0 saturated heterocycles. The lowest BCUT2D eigenvalue weighted by atomic mass is 9.73. The van der Waals surface area contributed by atoms with Crippen molar-refractivity contribution in [2.45, 2.75) is 37.6 Å². The molecule has 0 aromatic heterocycles. The lowest BCUT2D eigenvalue weighted by Gasteiger charge is -2.43. The van der Waals surface area contributed by atoms with Gasteiger partial charge in [0.05, 0.1) is 7.11 Å². The molecule has 1 aliphatic carbocycles. The van der Waals surface area contributed by atoms with Crippen molar-refractivity contribution in [3.63, 3.8) is 0 Å². The van der Waals surface area contributed by atoms with Crippen LogP contribution in [0.1, 0.15) is 47.2 Å². The summed E-state index contributed by atoms with van der Waals surface area (Å²) >= 11 is 0. The molecule has 1 fully saturated rings. The summed E-state index contributed by atoms with van der Waals surface area (Å²) in [4.78, 5) is 26.5. The molecular weight excluding hydrogens is 424 g/mol. The molecular formula is C25H28N2O6. The van der Waals surface area contributed by atoms with E-state index < -0.39 is 5.91 Å². The topological polar surface area (TPSA) is 100 Å². The summed E-state index contributed by atoms with van der Waals surface area (Å²) in [5.74, 6) is 1.66. The molecule has 1 spiro atoms. The third-order valence-electron chi connectivity index (χ3n) is 6.82. The van der Waals surface area contributed by atoms with Gasteiger partial charge in [-0.15, -0.1) is 0 Å². The molecule has 2 aromatic rings. The van der Waals surface area contributed by atoms with E-state index in [0.717, 1.165) is 42.7 Å². The Hall–Kier alpha value is -3.42. The van der Waals surface area contributed by atoms with Crippen LogP contribution in [-0.4, -0.2) is 50.2 Å². The van der Waals surface area contributed by atoms with Gasteiger partial charge >= 0.3 is 0 Å². The number of carbonyl (C=O) groups is 2. The highest BCUT2D eigenvalue weighted by Crippen LogP contribution is 2.49. The van der Waals surface area contributed by atoms with Crippen molar-refractivity contribution in [1.29, 1.82) is 0 Å². The van der Waals surface area contributed by atoms with E-state index in [9.17, 15) is 9.59 Å². The summed E-state index contributed by atoms with van der Waals surface area (Å²) < 4.78 is 22.4. The second-order valence-electron chi connectivity index (χ2n) is 8.92. The minimum Gasteiger partial charge on any atom is -0.493 e. The summed E-state index contributed by atoms with van der Waals surface area (Å²) in [5, 5.41) is 0. The van der Waals surface area contributed by atoms with E-state index in [1.165, 1.54) is 12.7 Å². The number of hydrogen-bond acceptors (Lipinski definition) is 6. The van der Waals surface area contributed by atoms with Crippen LogP contribution >= 0.6 is 0 Å². The number of hydrogen-bond donors (Lipinski definition) is 1. The summed E-state index contributed by atoms with van der Waals surface area (Å²) in [6.07, 6.45) is 4.39. The average Bonchev–Trinajstić information content (AvgIpc) is 3.29. The fourth-order valence-corrected chi connectivity index (χ4v) is 5.34. The zero-order valence-electron chi connectivity index (χ0n) is 18.7. The zero-order chi connectivity index (χ0) is 23.0. The number of carbonyl (C=O) groups excluding carboxylic acids is 2. The first kappa shape index (κ1) is 21.4. The van der Waals surface area contributed by atoms with Crippen molar-refractivity contribution in [1.82, 2.24) is 4.90 Å². The van der Waals surface area contributed by atoms with Crippen molar-refractivity contribution in [2.24, 2.45) is 5.73 Å². The monoisotopic (exact) mass is 452 g/mol. The third kappa shape index (κ3) is 3.94. The Bertz CT molecular complexity index is 1090. The van der Waals surface area contributed by atoms with Crippen LogP contribution in [0.25, 0.3) is 0 Å². The third-order valence-corrected chi connectivity index (χ3v) is 6.82. The molecule has 2 amide bonds. The van der Waals surface area contributed by atoms with Crippen molar-refractivity contribution in [3.05, 3.63) is 47.0 Å². The van der Waals surface area contributed by atoms with Crippen LogP contribution < -0.4 is 24.7 Å². The Morgan fingerprint density at radius 2 is 1.79 bits per heavy atom. The lowest BCUT2D eigenvalue weighted by molar-refractivity contribution is -0.119. The van der Waals surface area contributed by atoms with Crippen LogP contribution in [0.15, 0.2) is 30.3 Å². The van der Waals surface area contributed by atoms with Crippen LogP contribution in [0.2, 0.25) is 0 Å². The Morgan fingerprint density at radius 1 is 1.06 bits per heavy atom. The Balaban J connectivity index is 1.45. The van der Waals surface area contributed by atoms with Gasteiger partial charge in [-0.2, -0.15) is 0 Å². The highest BCUT2D eigenvalue weighted by atomic mass is 16.6. The summed E-state index contributed by atoms with van der Waals surface area (Å²) in [5.41, 5.74) is 8.02. The van der Waals surface area contributed by atoms with E-state index in [-0.39, 0.29) is 17.9 Å². The normalized spacial score (nSPS) is 18.0.